The van der Waals surface area contributed by atoms with E-state index in [1.165, 1.54) is 26.0 Å². The monoisotopic (exact) mass is 336 g/mol. The first-order valence-electron chi connectivity index (χ1n) is 7.18. The molecule has 0 aliphatic carbocycles. The van der Waals surface area contributed by atoms with Crippen LogP contribution in [-0.4, -0.2) is 46.7 Å². The van der Waals surface area contributed by atoms with Crippen LogP contribution in [0.25, 0.3) is 0 Å². The van der Waals surface area contributed by atoms with Gasteiger partial charge in [0.1, 0.15) is 24.6 Å². The lowest BCUT2D eigenvalue weighted by Gasteiger charge is -2.15. The number of carboxylic acid groups (broad SMARTS) is 1. The fourth-order valence-electron chi connectivity index (χ4n) is 1.71. The van der Waals surface area contributed by atoms with Gasteiger partial charge in [0.05, 0.1) is 6.42 Å². The van der Waals surface area contributed by atoms with Crippen LogP contribution in [0, 0.1) is 0 Å². The number of esters is 1. The molecular formula is C17H20O7. The molecule has 0 spiro atoms. The molecule has 0 radical (unpaired) electrons. The van der Waals surface area contributed by atoms with Gasteiger partial charge in [-0.1, -0.05) is 6.58 Å². The molecule has 0 heterocycles. The Morgan fingerprint density at radius 2 is 1.71 bits per heavy atom. The maximum atomic E-state index is 11.9. The number of aliphatic carboxylic acids is 1. The van der Waals surface area contributed by atoms with Crippen LogP contribution in [0.3, 0.4) is 0 Å². The van der Waals surface area contributed by atoms with Crippen molar-refractivity contribution in [3.05, 3.63) is 42.0 Å². The molecule has 0 aliphatic rings. The topological polar surface area (TPSA) is 110 Å². The second kappa shape index (κ2) is 8.26. The van der Waals surface area contributed by atoms with E-state index in [0.717, 1.165) is 0 Å². The molecule has 130 valence electrons. The van der Waals surface area contributed by atoms with Gasteiger partial charge in [-0.05, 0) is 38.1 Å². The number of ketones is 1. The van der Waals surface area contributed by atoms with E-state index in [4.69, 9.17) is 14.6 Å². The number of Topliss-reactive ketones (excluding diaryl/α,β-unsaturated/α-hetero) is 1. The number of hydrogen-bond acceptors (Lipinski definition) is 6. The van der Waals surface area contributed by atoms with Gasteiger partial charge in [-0.3, -0.25) is 9.59 Å². The van der Waals surface area contributed by atoms with Crippen LogP contribution >= 0.6 is 0 Å². The Morgan fingerprint density at radius 1 is 1.12 bits per heavy atom. The summed E-state index contributed by atoms with van der Waals surface area (Å²) in [7, 11) is 0. The highest BCUT2D eigenvalue weighted by molar-refractivity contribution is 6.01. The Kier molecular flexibility index (Phi) is 6.67. The Hall–Kier alpha value is -2.67. The third-order valence-electron chi connectivity index (χ3n) is 2.91. The fourth-order valence-corrected chi connectivity index (χ4v) is 1.71. The molecule has 7 heteroatoms. The summed E-state index contributed by atoms with van der Waals surface area (Å²) in [5.74, 6) is -1.89. The van der Waals surface area contributed by atoms with E-state index in [1.807, 2.05) is 0 Å². The van der Waals surface area contributed by atoms with Crippen molar-refractivity contribution in [2.75, 3.05) is 13.2 Å². The van der Waals surface area contributed by atoms with E-state index in [2.05, 4.69) is 6.58 Å². The summed E-state index contributed by atoms with van der Waals surface area (Å²) in [6.45, 7) is 6.14. The summed E-state index contributed by atoms with van der Waals surface area (Å²) < 4.78 is 10.2. The van der Waals surface area contributed by atoms with Crippen molar-refractivity contribution in [1.29, 1.82) is 0 Å². The third kappa shape index (κ3) is 6.21. The molecule has 0 saturated carbocycles. The Balaban J connectivity index is 2.41. The summed E-state index contributed by atoms with van der Waals surface area (Å²) in [5, 5.41) is 18.2. The quantitative estimate of drug-likeness (QED) is 0.305. The minimum absolute atomic E-state index is 0.0604. The minimum atomic E-state index is -1.45. The van der Waals surface area contributed by atoms with Crippen LogP contribution in [0.2, 0.25) is 0 Å². The van der Waals surface area contributed by atoms with Crippen molar-refractivity contribution in [3.8, 4) is 5.75 Å². The number of carbonyl (C=O) groups is 3. The van der Waals surface area contributed by atoms with Crippen molar-refractivity contribution in [2.24, 2.45) is 0 Å². The Labute approximate surface area is 139 Å². The highest BCUT2D eigenvalue weighted by atomic mass is 16.6. The van der Waals surface area contributed by atoms with Crippen molar-refractivity contribution >= 4 is 17.7 Å². The first-order chi connectivity index (χ1) is 11.1. The van der Waals surface area contributed by atoms with Crippen LogP contribution < -0.4 is 4.74 Å². The van der Waals surface area contributed by atoms with Crippen molar-refractivity contribution < 1.29 is 34.1 Å². The van der Waals surface area contributed by atoms with Gasteiger partial charge >= 0.3 is 11.9 Å². The Bertz CT molecular complexity index is 623. The predicted octanol–water partition coefficient (Wildman–Crippen LogP) is 1.59. The number of ether oxygens (including phenoxy) is 2. The molecule has 1 aromatic rings. The number of aliphatic hydroxyl groups is 1. The molecule has 0 aliphatic heterocycles. The zero-order valence-electron chi connectivity index (χ0n) is 13.6. The van der Waals surface area contributed by atoms with Gasteiger partial charge in [0.2, 0.25) is 0 Å². The first-order valence-corrected chi connectivity index (χ1v) is 7.18. The molecule has 0 saturated heterocycles. The molecule has 1 rings (SSSR count). The van der Waals surface area contributed by atoms with E-state index in [1.54, 1.807) is 12.1 Å². The van der Waals surface area contributed by atoms with Gasteiger partial charge < -0.3 is 19.7 Å². The molecule has 1 aromatic carbocycles. The summed E-state index contributed by atoms with van der Waals surface area (Å²) >= 11 is 0. The molecular weight excluding hydrogens is 316 g/mol. The van der Waals surface area contributed by atoms with E-state index >= 15 is 0 Å². The maximum Gasteiger partial charge on any atom is 0.334 e. The van der Waals surface area contributed by atoms with E-state index < -0.39 is 29.7 Å². The largest absolute Gasteiger partial charge is 0.490 e. The van der Waals surface area contributed by atoms with Crippen LogP contribution in [0.4, 0.5) is 0 Å². The number of hydrogen-bond donors (Lipinski definition) is 2. The molecule has 0 atom stereocenters. The second-order valence-electron chi connectivity index (χ2n) is 5.57. The average Bonchev–Trinajstić information content (AvgIpc) is 2.49. The molecule has 7 nitrogen and oxygen atoms in total. The molecule has 0 amide bonds. The SMILES string of the molecule is C=C(CC(=O)O)C(=O)OCCOc1ccc(C(=O)C(C)(C)O)cc1. The van der Waals surface area contributed by atoms with Crippen LogP contribution in [0.5, 0.6) is 5.75 Å². The molecule has 0 bridgehead atoms. The van der Waals surface area contributed by atoms with Crippen molar-refractivity contribution in [3.63, 3.8) is 0 Å². The lowest BCUT2D eigenvalue weighted by atomic mass is 9.97. The zero-order chi connectivity index (χ0) is 18.3. The maximum absolute atomic E-state index is 11.9. The summed E-state index contributed by atoms with van der Waals surface area (Å²) in [6, 6.07) is 6.17. The lowest BCUT2D eigenvalue weighted by molar-refractivity contribution is -0.143. The van der Waals surface area contributed by atoms with Crippen LogP contribution in [0.1, 0.15) is 30.6 Å². The third-order valence-corrected chi connectivity index (χ3v) is 2.91. The summed E-state index contributed by atoms with van der Waals surface area (Å²) in [6.07, 6.45) is -0.476. The highest BCUT2D eigenvalue weighted by Crippen LogP contribution is 2.17. The van der Waals surface area contributed by atoms with E-state index in [-0.39, 0.29) is 18.8 Å². The smallest absolute Gasteiger partial charge is 0.334 e. The van der Waals surface area contributed by atoms with Gasteiger partial charge in [0, 0.05) is 11.1 Å². The Morgan fingerprint density at radius 3 is 2.21 bits per heavy atom. The number of carbonyl (C=O) groups excluding carboxylic acids is 2. The van der Waals surface area contributed by atoms with Crippen molar-refractivity contribution in [1.82, 2.24) is 0 Å². The standard InChI is InChI=1S/C17H20O7/c1-11(10-14(18)19)16(21)24-9-8-23-13-6-4-12(5-7-13)15(20)17(2,3)22/h4-7,22H,1,8-10H2,2-3H3,(H,18,19). The zero-order valence-corrected chi connectivity index (χ0v) is 13.6. The second-order valence-corrected chi connectivity index (χ2v) is 5.57. The predicted molar refractivity (Wildman–Crippen MR) is 84.9 cm³/mol. The minimum Gasteiger partial charge on any atom is -0.490 e. The number of benzene rings is 1. The normalized spacial score (nSPS) is 10.8. The molecule has 0 unspecified atom stereocenters. The van der Waals surface area contributed by atoms with Gasteiger partial charge in [0.25, 0.3) is 0 Å². The van der Waals surface area contributed by atoms with E-state index in [9.17, 15) is 19.5 Å². The highest BCUT2D eigenvalue weighted by Gasteiger charge is 2.24. The van der Waals surface area contributed by atoms with Gasteiger partial charge in [-0.15, -0.1) is 0 Å². The molecule has 0 fully saturated rings. The molecule has 0 aromatic heterocycles. The van der Waals surface area contributed by atoms with Crippen LogP contribution in [0.15, 0.2) is 36.4 Å². The van der Waals surface area contributed by atoms with E-state index in [0.29, 0.717) is 11.3 Å². The van der Waals surface area contributed by atoms with Crippen molar-refractivity contribution in [2.45, 2.75) is 25.9 Å². The molecule has 24 heavy (non-hydrogen) atoms. The van der Waals surface area contributed by atoms with Crippen LogP contribution in [-0.2, 0) is 14.3 Å². The summed E-state index contributed by atoms with van der Waals surface area (Å²) in [5.41, 5.74) is -1.24. The first kappa shape index (κ1) is 19.4. The average molecular weight is 336 g/mol. The molecule has 2 N–H and O–H groups in total. The lowest BCUT2D eigenvalue weighted by Crippen LogP contribution is -2.30. The van der Waals surface area contributed by atoms with Gasteiger partial charge in [0.15, 0.2) is 5.78 Å². The number of rotatable bonds is 9. The summed E-state index contributed by atoms with van der Waals surface area (Å²) in [4.78, 5) is 33.7. The van der Waals surface area contributed by atoms with Gasteiger partial charge in [-0.2, -0.15) is 0 Å². The fraction of sp³-hybridized carbons (Fsp3) is 0.353. The number of carboxylic acids is 1. The van der Waals surface area contributed by atoms with Gasteiger partial charge in [-0.25, -0.2) is 4.79 Å².